The number of nitrogens with one attached hydrogen (secondary N) is 1. The van der Waals surface area contributed by atoms with Gasteiger partial charge in [-0.15, -0.1) is 5.10 Å². The van der Waals surface area contributed by atoms with Gasteiger partial charge in [-0.2, -0.15) is 5.10 Å². The average Bonchev–Trinajstić information content (AvgIpc) is 2.97. The fourth-order valence-corrected chi connectivity index (χ4v) is 3.04. The largest absolute Gasteiger partial charge is 0.309 e. The Bertz CT molecular complexity index is 517. The summed E-state index contributed by atoms with van der Waals surface area (Å²) in [6.07, 6.45) is 4.91. The van der Waals surface area contributed by atoms with E-state index >= 15 is 0 Å². The van der Waals surface area contributed by atoms with E-state index in [1.54, 1.807) is 0 Å². The summed E-state index contributed by atoms with van der Waals surface area (Å²) in [6.45, 7) is 7.38. The maximum Gasteiger partial charge on any atom is 0.0829 e. The van der Waals surface area contributed by atoms with Crippen molar-refractivity contribution in [3.05, 3.63) is 28.5 Å². The quantitative estimate of drug-likeness (QED) is 0.881. The van der Waals surface area contributed by atoms with Crippen molar-refractivity contribution >= 4 is 11.5 Å². The molecule has 1 unspecified atom stereocenters. The van der Waals surface area contributed by atoms with Crippen LogP contribution in [0.15, 0.2) is 12.4 Å². The van der Waals surface area contributed by atoms with E-state index < -0.39 is 0 Å². The highest BCUT2D eigenvalue weighted by molar-refractivity contribution is 7.05. The Morgan fingerprint density at radius 2 is 2.21 bits per heavy atom. The molecule has 0 amide bonds. The van der Waals surface area contributed by atoms with Gasteiger partial charge in [0, 0.05) is 19.3 Å². The van der Waals surface area contributed by atoms with Crippen LogP contribution >= 0.6 is 11.5 Å². The van der Waals surface area contributed by atoms with E-state index in [9.17, 15) is 0 Å². The maximum atomic E-state index is 4.27. The zero-order valence-corrected chi connectivity index (χ0v) is 12.7. The molecule has 1 N–H and O–H groups in total. The average molecular weight is 279 g/mol. The van der Waals surface area contributed by atoms with Crippen LogP contribution in [-0.2, 0) is 13.5 Å². The summed E-state index contributed by atoms with van der Waals surface area (Å²) in [5.41, 5.74) is 2.34. The van der Waals surface area contributed by atoms with Gasteiger partial charge < -0.3 is 5.32 Å². The van der Waals surface area contributed by atoms with Crippen molar-refractivity contribution < 1.29 is 0 Å². The van der Waals surface area contributed by atoms with Crippen LogP contribution in [0, 0.1) is 0 Å². The van der Waals surface area contributed by atoms with Gasteiger partial charge in [0.25, 0.3) is 0 Å². The number of rotatable bonds is 6. The molecule has 0 bridgehead atoms. The van der Waals surface area contributed by atoms with Crippen LogP contribution in [0.3, 0.4) is 0 Å². The van der Waals surface area contributed by atoms with Gasteiger partial charge in [-0.3, -0.25) is 4.68 Å². The number of aromatic nitrogens is 4. The van der Waals surface area contributed by atoms with Gasteiger partial charge in [0.15, 0.2) is 0 Å². The van der Waals surface area contributed by atoms with Crippen LogP contribution in [0.4, 0.5) is 0 Å². The van der Waals surface area contributed by atoms with Crippen molar-refractivity contribution in [1.82, 2.24) is 24.7 Å². The summed E-state index contributed by atoms with van der Waals surface area (Å²) in [5.74, 6) is 0.406. The molecule has 2 aromatic heterocycles. The van der Waals surface area contributed by atoms with Crippen LogP contribution in [0.2, 0.25) is 0 Å². The van der Waals surface area contributed by atoms with Gasteiger partial charge in [-0.1, -0.05) is 25.3 Å². The minimum absolute atomic E-state index is 0.270. The summed E-state index contributed by atoms with van der Waals surface area (Å²) in [4.78, 5) is 1.25. The van der Waals surface area contributed by atoms with Crippen molar-refractivity contribution in [1.29, 1.82) is 0 Å². The topological polar surface area (TPSA) is 55.6 Å². The van der Waals surface area contributed by atoms with Crippen LogP contribution in [0.5, 0.6) is 0 Å². The number of aryl methyl sites for hydroxylation is 1. The monoisotopic (exact) mass is 279 g/mol. The molecular formula is C13H21N5S. The molecule has 0 fully saturated rings. The third-order valence-electron chi connectivity index (χ3n) is 3.05. The Hall–Kier alpha value is -1.27. The molecule has 0 aliphatic heterocycles. The van der Waals surface area contributed by atoms with E-state index in [-0.39, 0.29) is 6.04 Å². The van der Waals surface area contributed by atoms with Crippen LogP contribution in [0.1, 0.15) is 48.9 Å². The fraction of sp³-hybridized carbons (Fsp3) is 0.615. The van der Waals surface area contributed by atoms with E-state index in [4.69, 9.17) is 0 Å². The maximum absolute atomic E-state index is 4.27. The van der Waals surface area contributed by atoms with Crippen molar-refractivity contribution in [2.75, 3.05) is 6.54 Å². The first-order valence-electron chi connectivity index (χ1n) is 6.64. The lowest BCUT2D eigenvalue weighted by molar-refractivity contribution is 0.549. The molecule has 19 heavy (non-hydrogen) atoms. The van der Waals surface area contributed by atoms with Crippen LogP contribution < -0.4 is 5.32 Å². The Kier molecular flexibility index (Phi) is 4.66. The molecule has 6 heteroatoms. The lowest BCUT2D eigenvalue weighted by atomic mass is 10.0. The van der Waals surface area contributed by atoms with E-state index in [1.807, 2.05) is 17.9 Å². The minimum atomic E-state index is 0.270. The summed E-state index contributed by atoms with van der Waals surface area (Å²) in [7, 11) is 1.94. The summed E-state index contributed by atoms with van der Waals surface area (Å²) >= 11 is 1.50. The second-order valence-corrected chi connectivity index (χ2v) is 5.80. The zero-order valence-electron chi connectivity index (χ0n) is 11.9. The first-order valence-corrected chi connectivity index (χ1v) is 7.42. The molecule has 1 atom stereocenters. The van der Waals surface area contributed by atoms with Gasteiger partial charge >= 0.3 is 0 Å². The van der Waals surface area contributed by atoms with Crippen molar-refractivity contribution in [3.63, 3.8) is 0 Å². The first-order chi connectivity index (χ1) is 9.11. The molecule has 104 valence electrons. The molecule has 5 nitrogen and oxygen atoms in total. The lowest BCUT2D eigenvalue weighted by Crippen LogP contribution is -2.23. The second-order valence-electron chi connectivity index (χ2n) is 5.01. The Morgan fingerprint density at radius 3 is 2.79 bits per heavy atom. The lowest BCUT2D eigenvalue weighted by Gasteiger charge is -2.17. The molecule has 2 rings (SSSR count). The summed E-state index contributed by atoms with van der Waals surface area (Å²) < 4.78 is 5.96. The van der Waals surface area contributed by atoms with E-state index in [1.165, 1.54) is 22.0 Å². The molecule has 2 heterocycles. The van der Waals surface area contributed by atoms with Gasteiger partial charge in [-0.25, -0.2) is 0 Å². The highest BCUT2D eigenvalue weighted by Gasteiger charge is 2.21. The molecule has 0 aromatic carbocycles. The van der Waals surface area contributed by atoms with E-state index in [2.05, 4.69) is 47.0 Å². The van der Waals surface area contributed by atoms with Crippen molar-refractivity contribution in [2.45, 2.75) is 39.2 Å². The normalized spacial score (nSPS) is 13.1. The third kappa shape index (κ3) is 3.39. The van der Waals surface area contributed by atoms with Gasteiger partial charge in [-0.05, 0) is 36.0 Å². The van der Waals surface area contributed by atoms with Gasteiger partial charge in [0.1, 0.15) is 0 Å². The summed E-state index contributed by atoms with van der Waals surface area (Å²) in [5, 5.41) is 12.0. The minimum Gasteiger partial charge on any atom is -0.309 e. The van der Waals surface area contributed by atoms with Crippen LogP contribution in [0.25, 0.3) is 0 Å². The Balaban J connectivity index is 2.21. The molecule has 0 aliphatic rings. The SMILES string of the molecule is CCNC(Cc1cnn(C)c1)c1snnc1C(C)C. The first kappa shape index (κ1) is 14.1. The van der Waals surface area contributed by atoms with E-state index in [0.29, 0.717) is 5.92 Å². The van der Waals surface area contributed by atoms with Crippen molar-refractivity contribution in [2.24, 2.45) is 7.05 Å². The zero-order chi connectivity index (χ0) is 13.8. The predicted molar refractivity (Wildman–Crippen MR) is 77.3 cm³/mol. The number of nitrogens with zero attached hydrogens (tertiary/aromatic N) is 4. The predicted octanol–water partition coefficient (Wildman–Crippen LogP) is 2.29. The molecule has 0 saturated heterocycles. The van der Waals surface area contributed by atoms with Crippen molar-refractivity contribution in [3.8, 4) is 0 Å². The fourth-order valence-electron chi connectivity index (χ4n) is 2.16. The molecule has 0 aliphatic carbocycles. The highest BCUT2D eigenvalue weighted by Crippen LogP contribution is 2.28. The molecule has 0 saturated carbocycles. The Morgan fingerprint density at radius 1 is 1.42 bits per heavy atom. The van der Waals surface area contributed by atoms with Gasteiger partial charge in [0.05, 0.1) is 16.8 Å². The molecule has 2 aromatic rings. The molecule has 0 radical (unpaired) electrons. The highest BCUT2D eigenvalue weighted by atomic mass is 32.1. The van der Waals surface area contributed by atoms with Gasteiger partial charge in [0.2, 0.25) is 0 Å². The third-order valence-corrected chi connectivity index (χ3v) is 3.91. The number of hydrogen-bond donors (Lipinski definition) is 1. The second kappa shape index (κ2) is 6.25. The smallest absolute Gasteiger partial charge is 0.0829 e. The Labute approximate surface area is 118 Å². The summed E-state index contributed by atoms with van der Waals surface area (Å²) in [6, 6.07) is 0.270. The number of likely N-dealkylation sites (N-methyl/N-ethyl adjacent to an activating group) is 1. The molecular weight excluding hydrogens is 258 g/mol. The molecule has 0 spiro atoms. The standard InChI is InChI=1S/C13H21N5S/c1-5-14-11(6-10-7-15-18(4)8-10)13-12(9(2)3)16-17-19-13/h7-9,11,14H,5-6H2,1-4H3. The number of hydrogen-bond acceptors (Lipinski definition) is 5. The van der Waals surface area contributed by atoms with E-state index in [0.717, 1.165) is 18.7 Å². The van der Waals surface area contributed by atoms with Crippen LogP contribution in [-0.4, -0.2) is 25.9 Å².